The first-order valence-electron chi connectivity index (χ1n) is 5.42. The zero-order valence-electron chi connectivity index (χ0n) is 10.4. The molecule has 20 heavy (non-hydrogen) atoms. The quantitative estimate of drug-likeness (QED) is 0.467. The van der Waals surface area contributed by atoms with Gasteiger partial charge in [0.1, 0.15) is 6.04 Å². The zero-order chi connectivity index (χ0) is 14.4. The molecule has 0 heterocycles. The van der Waals surface area contributed by atoms with E-state index in [9.17, 15) is 19.7 Å². The number of nitro benzene ring substituents is 1. The number of benzene rings is 1. The average molecular weight is 285 g/mol. The van der Waals surface area contributed by atoms with Crippen molar-refractivity contribution in [2.24, 2.45) is 5.73 Å². The van der Waals surface area contributed by atoms with E-state index >= 15 is 0 Å². The first-order chi connectivity index (χ1) is 8.90. The Morgan fingerprint density at radius 3 is 2.30 bits per heavy atom. The lowest BCUT2D eigenvalue weighted by molar-refractivity contribution is -0.384. The highest BCUT2D eigenvalue weighted by Gasteiger charge is 2.18. The smallest absolute Gasteiger partial charge is 0.326 e. The molecule has 110 valence electrons. The summed E-state index contributed by atoms with van der Waals surface area (Å²) in [5.74, 6) is -1.71. The van der Waals surface area contributed by atoms with Gasteiger partial charge in [-0.3, -0.25) is 14.9 Å². The van der Waals surface area contributed by atoms with Crippen LogP contribution < -0.4 is 11.1 Å². The third-order valence-electron chi connectivity index (χ3n) is 2.40. The van der Waals surface area contributed by atoms with Gasteiger partial charge in [0, 0.05) is 24.2 Å². The molecular weight excluding hydrogens is 270 g/mol. The van der Waals surface area contributed by atoms with Crippen molar-refractivity contribution in [2.45, 2.75) is 18.9 Å². The fraction of sp³-hybridized carbons (Fsp3) is 0.273. The second-order valence-electron chi connectivity index (χ2n) is 3.84. The Bertz CT molecular complexity index is 487. The number of amides is 1. The predicted molar refractivity (Wildman–Crippen MR) is 70.2 cm³/mol. The number of nitrogens with one attached hydrogen (secondary N) is 1. The molecule has 0 saturated carbocycles. The fourth-order valence-corrected chi connectivity index (χ4v) is 1.42. The van der Waals surface area contributed by atoms with Crippen LogP contribution in [0.4, 0.5) is 11.4 Å². The number of hydrogen-bond acceptors (Lipinski definition) is 5. The monoisotopic (exact) mass is 285 g/mol. The Hall–Kier alpha value is -2.68. The zero-order valence-corrected chi connectivity index (χ0v) is 10.4. The van der Waals surface area contributed by atoms with E-state index in [1.165, 1.54) is 24.3 Å². The number of non-ortho nitro benzene ring substituents is 1. The second kappa shape index (κ2) is 7.69. The number of primary amides is 1. The topological polar surface area (TPSA) is 167 Å². The molecule has 1 aromatic rings. The predicted octanol–water partition coefficient (Wildman–Crippen LogP) is -0.0993. The van der Waals surface area contributed by atoms with Crippen molar-refractivity contribution in [1.29, 1.82) is 0 Å². The van der Waals surface area contributed by atoms with Crippen molar-refractivity contribution in [3.63, 3.8) is 0 Å². The van der Waals surface area contributed by atoms with Crippen LogP contribution in [0.15, 0.2) is 24.3 Å². The van der Waals surface area contributed by atoms with E-state index in [0.717, 1.165) is 0 Å². The molecule has 0 aliphatic carbocycles. The molecule has 0 aromatic heterocycles. The highest BCUT2D eigenvalue weighted by atomic mass is 16.6. The highest BCUT2D eigenvalue weighted by Crippen LogP contribution is 2.17. The SMILES string of the molecule is NC(=O)CC[C@H](Nc1ccc([N+](=O)[O-])cc1)C(=O)O.O. The summed E-state index contributed by atoms with van der Waals surface area (Å²) in [6.07, 6.45) is -0.0153. The molecule has 9 nitrogen and oxygen atoms in total. The maximum absolute atomic E-state index is 11.0. The van der Waals surface area contributed by atoms with Gasteiger partial charge in [0.05, 0.1) is 4.92 Å². The van der Waals surface area contributed by atoms with Gasteiger partial charge in [-0.05, 0) is 18.6 Å². The third kappa shape index (κ3) is 5.31. The fourth-order valence-electron chi connectivity index (χ4n) is 1.42. The number of carbonyl (C=O) groups is 2. The number of aliphatic carboxylic acids is 1. The molecule has 0 spiro atoms. The van der Waals surface area contributed by atoms with Gasteiger partial charge in [-0.2, -0.15) is 0 Å². The van der Waals surface area contributed by atoms with Crippen LogP contribution in [-0.4, -0.2) is 33.4 Å². The highest BCUT2D eigenvalue weighted by molar-refractivity contribution is 5.79. The van der Waals surface area contributed by atoms with Crippen LogP contribution in [0.1, 0.15) is 12.8 Å². The summed E-state index contributed by atoms with van der Waals surface area (Å²) in [4.78, 5) is 31.5. The second-order valence-corrected chi connectivity index (χ2v) is 3.84. The Morgan fingerprint density at radius 2 is 1.90 bits per heavy atom. The number of anilines is 1. The van der Waals surface area contributed by atoms with E-state index in [4.69, 9.17) is 10.8 Å². The molecule has 0 unspecified atom stereocenters. The third-order valence-corrected chi connectivity index (χ3v) is 2.40. The number of hydrogen-bond donors (Lipinski definition) is 3. The number of carbonyl (C=O) groups excluding carboxylic acids is 1. The Kier molecular flexibility index (Phi) is 6.66. The summed E-state index contributed by atoms with van der Waals surface area (Å²) < 4.78 is 0. The molecule has 1 aromatic carbocycles. The Morgan fingerprint density at radius 1 is 1.35 bits per heavy atom. The van der Waals surface area contributed by atoms with Crippen molar-refractivity contribution < 1.29 is 25.1 Å². The van der Waals surface area contributed by atoms with E-state index in [-0.39, 0.29) is 24.0 Å². The van der Waals surface area contributed by atoms with E-state index in [0.29, 0.717) is 5.69 Å². The average Bonchev–Trinajstić information content (AvgIpc) is 2.34. The summed E-state index contributed by atoms with van der Waals surface area (Å²) in [6, 6.07) is 4.34. The van der Waals surface area contributed by atoms with Gasteiger partial charge >= 0.3 is 5.97 Å². The molecule has 0 saturated heterocycles. The molecule has 6 N–H and O–H groups in total. The van der Waals surface area contributed by atoms with Crippen LogP contribution in [0.5, 0.6) is 0 Å². The van der Waals surface area contributed by atoms with Crippen molar-refractivity contribution in [2.75, 3.05) is 5.32 Å². The van der Waals surface area contributed by atoms with Gasteiger partial charge in [0.15, 0.2) is 0 Å². The summed E-state index contributed by atoms with van der Waals surface area (Å²) >= 11 is 0. The lowest BCUT2D eigenvalue weighted by Crippen LogP contribution is -2.30. The number of rotatable bonds is 7. The molecule has 1 amide bonds. The molecule has 9 heteroatoms. The van der Waals surface area contributed by atoms with Crippen molar-refractivity contribution in [3.8, 4) is 0 Å². The Labute approximate surface area is 113 Å². The van der Waals surface area contributed by atoms with Gasteiger partial charge < -0.3 is 21.6 Å². The van der Waals surface area contributed by atoms with E-state index in [2.05, 4.69) is 5.32 Å². The molecule has 1 atom stereocenters. The lowest BCUT2D eigenvalue weighted by Gasteiger charge is -2.14. The van der Waals surface area contributed by atoms with Crippen molar-refractivity contribution in [3.05, 3.63) is 34.4 Å². The molecule has 1 rings (SSSR count). The van der Waals surface area contributed by atoms with Gasteiger partial charge in [-0.25, -0.2) is 4.79 Å². The van der Waals surface area contributed by atoms with Crippen LogP contribution in [0.2, 0.25) is 0 Å². The molecular formula is C11H15N3O6. The van der Waals surface area contributed by atoms with Crippen LogP contribution in [0.25, 0.3) is 0 Å². The van der Waals surface area contributed by atoms with Crippen molar-refractivity contribution >= 4 is 23.3 Å². The maximum Gasteiger partial charge on any atom is 0.326 e. The minimum Gasteiger partial charge on any atom is -0.480 e. The summed E-state index contributed by atoms with van der Waals surface area (Å²) in [7, 11) is 0. The number of nitro groups is 1. The largest absolute Gasteiger partial charge is 0.480 e. The number of nitrogens with two attached hydrogens (primary N) is 1. The molecule has 0 fully saturated rings. The maximum atomic E-state index is 11.0. The van der Waals surface area contributed by atoms with E-state index in [1.807, 2.05) is 0 Å². The number of nitrogens with zero attached hydrogens (tertiary/aromatic N) is 1. The molecule has 0 bridgehead atoms. The van der Waals surface area contributed by atoms with Gasteiger partial charge in [0.2, 0.25) is 5.91 Å². The summed E-state index contributed by atoms with van der Waals surface area (Å²) in [6.45, 7) is 0. The van der Waals surface area contributed by atoms with Crippen LogP contribution in [0, 0.1) is 10.1 Å². The van der Waals surface area contributed by atoms with Gasteiger partial charge in [-0.15, -0.1) is 0 Å². The minimum atomic E-state index is -1.13. The first-order valence-corrected chi connectivity index (χ1v) is 5.42. The van der Waals surface area contributed by atoms with Crippen LogP contribution >= 0.6 is 0 Å². The van der Waals surface area contributed by atoms with Crippen LogP contribution in [-0.2, 0) is 9.59 Å². The summed E-state index contributed by atoms with van der Waals surface area (Å²) in [5, 5.41) is 22.1. The Balaban J connectivity index is 0.00000361. The lowest BCUT2D eigenvalue weighted by atomic mass is 10.1. The molecule has 0 radical (unpaired) electrons. The normalized spacial score (nSPS) is 11.0. The first kappa shape index (κ1) is 17.3. The minimum absolute atomic E-state index is 0. The van der Waals surface area contributed by atoms with E-state index in [1.54, 1.807) is 0 Å². The van der Waals surface area contributed by atoms with E-state index < -0.39 is 22.8 Å². The van der Waals surface area contributed by atoms with Crippen LogP contribution in [0.3, 0.4) is 0 Å². The number of carboxylic acid groups (broad SMARTS) is 1. The summed E-state index contributed by atoms with van der Waals surface area (Å²) in [5.41, 5.74) is 5.28. The standard InChI is InChI=1S/C11H13N3O5.H2O/c12-10(15)6-5-9(11(16)17)13-7-1-3-8(4-2-7)14(18)19;/h1-4,9,13H,5-6H2,(H2,12,15)(H,16,17);1H2/t9-;/m0./s1. The van der Waals surface area contributed by atoms with Gasteiger partial charge in [-0.1, -0.05) is 0 Å². The molecule has 0 aliphatic heterocycles. The van der Waals surface area contributed by atoms with Gasteiger partial charge in [0.25, 0.3) is 5.69 Å². The molecule has 0 aliphatic rings. The van der Waals surface area contributed by atoms with Crippen molar-refractivity contribution in [1.82, 2.24) is 0 Å². The number of carboxylic acids is 1.